The van der Waals surface area contributed by atoms with E-state index in [2.05, 4.69) is 32.2 Å². The second kappa shape index (κ2) is 7.92. The zero-order valence-electron chi connectivity index (χ0n) is 16.4. The van der Waals surface area contributed by atoms with Crippen LogP contribution in [0, 0.1) is 0 Å². The van der Waals surface area contributed by atoms with Crippen molar-refractivity contribution in [3.8, 4) is 0 Å². The topological polar surface area (TPSA) is 59.8 Å². The molecule has 30 heavy (non-hydrogen) atoms. The summed E-state index contributed by atoms with van der Waals surface area (Å²) in [4.78, 5) is 17.4. The molecule has 0 radical (unpaired) electrons. The van der Waals surface area contributed by atoms with E-state index in [1.165, 1.54) is 11.3 Å². The van der Waals surface area contributed by atoms with Crippen LogP contribution < -0.4 is 5.32 Å². The molecular weight excluding hydrogens is 396 g/mol. The van der Waals surface area contributed by atoms with Crippen molar-refractivity contribution in [3.05, 3.63) is 94.4 Å². The van der Waals surface area contributed by atoms with Crippen LogP contribution in [0.4, 0.5) is 0 Å². The number of aromatic nitrogens is 3. The first-order chi connectivity index (χ1) is 14.7. The first-order valence-electron chi connectivity index (χ1n) is 10.1. The second-order valence-electron chi connectivity index (χ2n) is 7.64. The van der Waals surface area contributed by atoms with Crippen molar-refractivity contribution in [2.45, 2.75) is 31.8 Å². The van der Waals surface area contributed by atoms with Crippen molar-refractivity contribution in [2.24, 2.45) is 0 Å². The van der Waals surface area contributed by atoms with E-state index >= 15 is 0 Å². The lowest BCUT2D eigenvalue weighted by Gasteiger charge is -2.24. The highest BCUT2D eigenvalue weighted by Gasteiger charge is 2.26. The summed E-state index contributed by atoms with van der Waals surface area (Å²) < 4.78 is 2.06. The van der Waals surface area contributed by atoms with Crippen LogP contribution in [0.5, 0.6) is 0 Å². The van der Waals surface area contributed by atoms with Crippen LogP contribution in [0.15, 0.2) is 66.9 Å². The maximum absolute atomic E-state index is 12.9. The molecule has 0 aliphatic heterocycles. The molecule has 0 bridgehead atoms. The van der Waals surface area contributed by atoms with Crippen molar-refractivity contribution >= 4 is 28.4 Å². The first kappa shape index (κ1) is 18.8. The van der Waals surface area contributed by atoms with Gasteiger partial charge in [0.2, 0.25) is 0 Å². The van der Waals surface area contributed by atoms with Crippen LogP contribution >= 0.6 is 11.6 Å². The van der Waals surface area contributed by atoms with Crippen LogP contribution in [0.3, 0.4) is 0 Å². The van der Waals surface area contributed by atoms with Gasteiger partial charge in [0, 0.05) is 21.7 Å². The van der Waals surface area contributed by atoms with E-state index in [0.29, 0.717) is 10.7 Å². The summed E-state index contributed by atoms with van der Waals surface area (Å²) in [6.07, 6.45) is 4.79. The number of hydrogen-bond donors (Lipinski definition) is 1. The quantitative estimate of drug-likeness (QED) is 0.512. The van der Waals surface area contributed by atoms with Crippen LogP contribution in [0.1, 0.15) is 46.2 Å². The predicted octanol–water partition coefficient (Wildman–Crippen LogP) is 4.94. The third-order valence-electron chi connectivity index (χ3n) is 5.63. The van der Waals surface area contributed by atoms with E-state index in [1.807, 2.05) is 42.6 Å². The number of fused-ring (bicyclic) bond motifs is 2. The van der Waals surface area contributed by atoms with Gasteiger partial charge in [-0.15, -0.1) is 0 Å². The summed E-state index contributed by atoms with van der Waals surface area (Å²) >= 11 is 6.04. The Morgan fingerprint density at radius 1 is 1.13 bits per heavy atom. The first-order valence-corrected chi connectivity index (χ1v) is 10.5. The highest BCUT2D eigenvalue weighted by Crippen LogP contribution is 2.30. The molecule has 0 saturated carbocycles. The zero-order valence-corrected chi connectivity index (χ0v) is 17.1. The van der Waals surface area contributed by atoms with Gasteiger partial charge in [0.05, 0.1) is 24.3 Å². The number of nitrogens with one attached hydrogen (secondary N) is 1. The Morgan fingerprint density at radius 2 is 2.00 bits per heavy atom. The number of nitrogens with zero attached hydrogens (tertiary/aromatic N) is 3. The van der Waals surface area contributed by atoms with Crippen molar-refractivity contribution in [3.63, 3.8) is 0 Å². The molecule has 2 heterocycles. The van der Waals surface area contributed by atoms with Gasteiger partial charge < -0.3 is 5.32 Å². The van der Waals surface area contributed by atoms with Gasteiger partial charge in [-0.05, 0) is 49.1 Å². The average molecular weight is 417 g/mol. The summed E-state index contributed by atoms with van der Waals surface area (Å²) in [5.74, 6) is -0.166. The number of carbonyl (C=O) groups is 1. The Kier molecular flexibility index (Phi) is 4.97. The highest BCUT2D eigenvalue weighted by atomic mass is 35.5. The number of halogens is 1. The smallest absolute Gasteiger partial charge is 0.270 e. The molecule has 1 atom stereocenters. The molecule has 6 heteroatoms. The number of pyridine rings is 1. The van der Waals surface area contributed by atoms with Crippen molar-refractivity contribution in [1.82, 2.24) is 20.1 Å². The van der Waals surface area contributed by atoms with Gasteiger partial charge in [-0.3, -0.25) is 9.48 Å². The van der Waals surface area contributed by atoms with Gasteiger partial charge in [0.1, 0.15) is 5.69 Å². The van der Waals surface area contributed by atoms with Crippen LogP contribution in [0.25, 0.3) is 10.9 Å². The number of benzene rings is 2. The fraction of sp³-hybridized carbons (Fsp3) is 0.208. The van der Waals surface area contributed by atoms with Crippen molar-refractivity contribution in [1.29, 1.82) is 0 Å². The largest absolute Gasteiger partial charge is 0.344 e. The third-order valence-corrected chi connectivity index (χ3v) is 5.86. The number of hydrogen-bond acceptors (Lipinski definition) is 3. The molecule has 2 aromatic heterocycles. The van der Waals surface area contributed by atoms with Gasteiger partial charge in [0.15, 0.2) is 0 Å². The van der Waals surface area contributed by atoms with E-state index in [9.17, 15) is 4.79 Å². The second-order valence-corrected chi connectivity index (χ2v) is 8.08. The fourth-order valence-electron chi connectivity index (χ4n) is 4.12. The van der Waals surface area contributed by atoms with E-state index < -0.39 is 0 Å². The Labute approximate surface area is 179 Å². The number of amides is 1. The number of carbonyl (C=O) groups excluding carboxylic acids is 1. The summed E-state index contributed by atoms with van der Waals surface area (Å²) in [5.41, 5.74) is 4.70. The Morgan fingerprint density at radius 3 is 2.87 bits per heavy atom. The fourth-order valence-corrected chi connectivity index (χ4v) is 4.30. The Bertz CT molecular complexity index is 1220. The molecule has 5 rings (SSSR count). The lowest BCUT2D eigenvalue weighted by atomic mass is 9.92. The van der Waals surface area contributed by atoms with Gasteiger partial charge in [-0.25, -0.2) is 4.98 Å². The summed E-state index contributed by atoms with van der Waals surface area (Å²) in [7, 11) is 0. The van der Waals surface area contributed by atoms with Gasteiger partial charge in [0.25, 0.3) is 5.91 Å². The van der Waals surface area contributed by atoms with Gasteiger partial charge in [-0.2, -0.15) is 5.10 Å². The molecular formula is C24H21ClN4O. The molecule has 0 saturated heterocycles. The van der Waals surface area contributed by atoms with Crippen molar-refractivity contribution < 1.29 is 4.79 Å². The molecule has 1 aliphatic carbocycles. The van der Waals surface area contributed by atoms with Crippen LogP contribution in [-0.2, 0) is 13.0 Å². The zero-order chi connectivity index (χ0) is 20.5. The molecule has 5 nitrogen and oxygen atoms in total. The molecule has 2 aromatic carbocycles. The monoisotopic (exact) mass is 416 g/mol. The van der Waals surface area contributed by atoms with Crippen LogP contribution in [0.2, 0.25) is 5.02 Å². The van der Waals surface area contributed by atoms with Crippen molar-refractivity contribution in [2.75, 3.05) is 0 Å². The standard InChI is InChI=1S/C24H21ClN4O/c25-18-10-12-20-17(13-18)9-11-22(27-20)24(30)28-21-7-4-8-23-19(21)14-26-29(23)15-16-5-2-1-3-6-16/h1-3,5-6,9-14,21H,4,7-8,15H2,(H,28,30). The Balaban J connectivity index is 1.36. The SMILES string of the molecule is O=C(NC1CCCc2c1cnn2Cc1ccccc1)c1ccc2cc(Cl)ccc2n1. The van der Waals surface area contributed by atoms with Gasteiger partial charge in [-0.1, -0.05) is 48.0 Å². The molecule has 1 N–H and O–H groups in total. The Hall–Kier alpha value is -3.18. The highest BCUT2D eigenvalue weighted by molar-refractivity contribution is 6.31. The maximum atomic E-state index is 12.9. The number of rotatable bonds is 4. The van der Waals surface area contributed by atoms with E-state index in [4.69, 9.17) is 11.6 Å². The summed E-state index contributed by atoms with van der Waals surface area (Å²) in [5, 5.41) is 9.35. The lowest BCUT2D eigenvalue weighted by molar-refractivity contribution is 0.0928. The molecule has 0 fully saturated rings. The van der Waals surface area contributed by atoms with E-state index in [1.54, 1.807) is 12.1 Å². The van der Waals surface area contributed by atoms with Crippen LogP contribution in [-0.4, -0.2) is 20.7 Å². The van der Waals surface area contributed by atoms with Gasteiger partial charge >= 0.3 is 0 Å². The summed E-state index contributed by atoms with van der Waals surface area (Å²) in [6.45, 7) is 0.742. The summed E-state index contributed by atoms with van der Waals surface area (Å²) in [6, 6.07) is 19.4. The molecule has 4 aromatic rings. The minimum Gasteiger partial charge on any atom is -0.344 e. The van der Waals surface area contributed by atoms with E-state index in [0.717, 1.165) is 42.3 Å². The third kappa shape index (κ3) is 3.68. The predicted molar refractivity (Wildman–Crippen MR) is 118 cm³/mol. The minimum atomic E-state index is -0.166. The average Bonchev–Trinajstić information content (AvgIpc) is 3.18. The minimum absolute atomic E-state index is 0.0477. The lowest BCUT2D eigenvalue weighted by Crippen LogP contribution is -2.31. The molecule has 1 aliphatic rings. The molecule has 1 amide bonds. The normalized spacial score (nSPS) is 15.7. The maximum Gasteiger partial charge on any atom is 0.270 e. The molecule has 0 spiro atoms. The molecule has 1 unspecified atom stereocenters. The molecule has 150 valence electrons. The van der Waals surface area contributed by atoms with E-state index in [-0.39, 0.29) is 11.9 Å².